The molecule has 0 saturated heterocycles. The van der Waals surface area contributed by atoms with Gasteiger partial charge in [-0.15, -0.1) is 11.3 Å². The van der Waals surface area contributed by atoms with E-state index in [1.807, 2.05) is 6.20 Å². The van der Waals surface area contributed by atoms with Crippen molar-refractivity contribution in [1.82, 2.24) is 15.6 Å². The number of nitrogens with zero attached hydrogens (tertiary/aromatic N) is 2. The molecule has 4 nitrogen and oxygen atoms in total. The number of aromatic nitrogens is 1. The fourth-order valence-electron chi connectivity index (χ4n) is 2.27. The number of thiazole rings is 1. The second-order valence-corrected chi connectivity index (χ2v) is 6.84. The van der Waals surface area contributed by atoms with Crippen molar-refractivity contribution in [2.45, 2.75) is 46.7 Å². The fourth-order valence-corrected chi connectivity index (χ4v) is 2.98. The van der Waals surface area contributed by atoms with Crippen molar-refractivity contribution in [3.8, 4) is 0 Å². The van der Waals surface area contributed by atoms with Crippen LogP contribution < -0.4 is 10.6 Å². The lowest BCUT2D eigenvalue weighted by atomic mass is 10.1. The molecular formula is C18H26N4S. The van der Waals surface area contributed by atoms with Crippen LogP contribution in [-0.4, -0.2) is 17.5 Å². The predicted octanol–water partition coefficient (Wildman–Crippen LogP) is 3.83. The molecule has 124 valence electrons. The molecule has 0 aliphatic carbocycles. The largest absolute Gasteiger partial charge is 0.357 e. The lowest BCUT2D eigenvalue weighted by Crippen LogP contribution is -2.38. The summed E-state index contributed by atoms with van der Waals surface area (Å²) in [6.07, 6.45) is 2.97. The highest BCUT2D eigenvalue weighted by Crippen LogP contribution is 2.14. The second-order valence-electron chi connectivity index (χ2n) is 5.52. The van der Waals surface area contributed by atoms with Crippen molar-refractivity contribution < 1.29 is 0 Å². The lowest BCUT2D eigenvalue weighted by Gasteiger charge is -2.18. The molecule has 2 rings (SSSR count). The molecule has 0 saturated carbocycles. The Morgan fingerprint density at radius 3 is 2.57 bits per heavy atom. The van der Waals surface area contributed by atoms with Crippen molar-refractivity contribution in [3.63, 3.8) is 0 Å². The first-order valence-corrected chi connectivity index (χ1v) is 8.99. The highest BCUT2D eigenvalue weighted by atomic mass is 32.1. The minimum Gasteiger partial charge on any atom is -0.357 e. The normalized spacial score (nSPS) is 13.0. The molecule has 5 heteroatoms. The molecule has 0 aliphatic rings. The minimum atomic E-state index is 0.205. The zero-order valence-corrected chi connectivity index (χ0v) is 15.2. The van der Waals surface area contributed by atoms with Gasteiger partial charge in [0.2, 0.25) is 0 Å². The van der Waals surface area contributed by atoms with Crippen LogP contribution in [0, 0.1) is 6.92 Å². The van der Waals surface area contributed by atoms with E-state index in [0.29, 0.717) is 6.54 Å². The van der Waals surface area contributed by atoms with Gasteiger partial charge in [0.05, 0.1) is 12.6 Å². The molecule has 1 aromatic carbocycles. The fraction of sp³-hybridized carbons (Fsp3) is 0.444. The van der Waals surface area contributed by atoms with Crippen LogP contribution in [0.15, 0.2) is 35.5 Å². The Hall–Kier alpha value is -1.88. The van der Waals surface area contributed by atoms with Crippen molar-refractivity contribution in [2.24, 2.45) is 4.99 Å². The molecular weight excluding hydrogens is 304 g/mol. The molecule has 0 bridgehead atoms. The molecule has 1 atom stereocenters. The standard InChI is InChI=1S/C18H26N4S/c1-5-15-7-9-16(10-8-15)14(4)22-18(19-6-2)21-12-17-20-11-13(3)23-17/h7-11,14H,5-6,12H2,1-4H3,(H2,19,21,22). The Morgan fingerprint density at radius 2 is 2.00 bits per heavy atom. The summed E-state index contributed by atoms with van der Waals surface area (Å²) in [4.78, 5) is 10.2. The lowest BCUT2D eigenvalue weighted by molar-refractivity contribution is 0.686. The van der Waals surface area contributed by atoms with Gasteiger partial charge in [-0.2, -0.15) is 0 Å². The Kier molecular flexibility index (Phi) is 6.59. The summed E-state index contributed by atoms with van der Waals surface area (Å²) in [5.41, 5.74) is 2.62. The number of hydrogen-bond donors (Lipinski definition) is 2. The van der Waals surface area contributed by atoms with E-state index >= 15 is 0 Å². The molecule has 0 aliphatic heterocycles. The van der Waals surface area contributed by atoms with Gasteiger partial charge in [0.1, 0.15) is 5.01 Å². The topological polar surface area (TPSA) is 49.3 Å². The van der Waals surface area contributed by atoms with Gasteiger partial charge in [0.15, 0.2) is 5.96 Å². The van der Waals surface area contributed by atoms with E-state index in [9.17, 15) is 0 Å². The quantitative estimate of drug-likeness (QED) is 0.625. The van der Waals surface area contributed by atoms with Crippen LogP contribution in [0.4, 0.5) is 0 Å². The Labute approximate surface area is 143 Å². The highest BCUT2D eigenvalue weighted by molar-refractivity contribution is 7.11. The van der Waals surface area contributed by atoms with Crippen molar-refractivity contribution >= 4 is 17.3 Å². The molecule has 2 aromatic rings. The average molecular weight is 331 g/mol. The maximum Gasteiger partial charge on any atom is 0.192 e. The molecule has 1 unspecified atom stereocenters. The number of aliphatic imine (C=N–C) groups is 1. The third kappa shape index (κ3) is 5.36. The number of benzene rings is 1. The van der Waals surface area contributed by atoms with Crippen LogP contribution in [0.1, 0.15) is 47.8 Å². The van der Waals surface area contributed by atoms with Crippen LogP contribution in [0.2, 0.25) is 0 Å². The smallest absolute Gasteiger partial charge is 0.192 e. The summed E-state index contributed by atoms with van der Waals surface area (Å²) in [6.45, 7) is 9.91. The van der Waals surface area contributed by atoms with E-state index < -0.39 is 0 Å². The molecule has 0 amide bonds. The molecule has 0 spiro atoms. The van der Waals surface area contributed by atoms with E-state index in [1.165, 1.54) is 16.0 Å². The third-order valence-corrected chi connectivity index (χ3v) is 4.52. The van der Waals surface area contributed by atoms with Gasteiger partial charge in [-0.1, -0.05) is 31.2 Å². The zero-order valence-electron chi connectivity index (χ0n) is 14.4. The van der Waals surface area contributed by atoms with E-state index in [1.54, 1.807) is 11.3 Å². The SMILES string of the molecule is CCNC(=NCc1ncc(C)s1)NC(C)c1ccc(CC)cc1. The van der Waals surface area contributed by atoms with E-state index in [-0.39, 0.29) is 6.04 Å². The van der Waals surface area contributed by atoms with Gasteiger partial charge in [-0.05, 0) is 38.3 Å². The Morgan fingerprint density at radius 1 is 1.26 bits per heavy atom. The maximum atomic E-state index is 4.64. The first-order valence-electron chi connectivity index (χ1n) is 8.17. The number of hydrogen-bond acceptors (Lipinski definition) is 3. The first-order chi connectivity index (χ1) is 11.1. The van der Waals surface area contributed by atoms with Gasteiger partial charge in [0.25, 0.3) is 0 Å². The summed E-state index contributed by atoms with van der Waals surface area (Å²) in [5.74, 6) is 0.826. The Bertz CT molecular complexity index is 631. The molecule has 23 heavy (non-hydrogen) atoms. The molecule has 0 fully saturated rings. The summed E-state index contributed by atoms with van der Waals surface area (Å²) >= 11 is 1.69. The number of rotatable bonds is 6. The van der Waals surface area contributed by atoms with Gasteiger partial charge in [-0.25, -0.2) is 9.98 Å². The summed E-state index contributed by atoms with van der Waals surface area (Å²) in [5, 5.41) is 7.80. The highest BCUT2D eigenvalue weighted by Gasteiger charge is 2.08. The molecule has 1 aromatic heterocycles. The second kappa shape index (κ2) is 8.67. The van der Waals surface area contributed by atoms with Crippen LogP contribution >= 0.6 is 11.3 Å². The number of nitrogens with one attached hydrogen (secondary N) is 2. The van der Waals surface area contributed by atoms with Crippen LogP contribution in [0.3, 0.4) is 0 Å². The molecule has 0 radical (unpaired) electrons. The molecule has 1 heterocycles. The van der Waals surface area contributed by atoms with Crippen LogP contribution in [0.5, 0.6) is 0 Å². The predicted molar refractivity (Wildman–Crippen MR) is 99.0 cm³/mol. The molecule has 2 N–H and O–H groups in total. The maximum absolute atomic E-state index is 4.64. The Balaban J connectivity index is 2.01. The van der Waals surface area contributed by atoms with E-state index in [4.69, 9.17) is 0 Å². The van der Waals surface area contributed by atoms with Crippen molar-refractivity contribution in [1.29, 1.82) is 0 Å². The van der Waals surface area contributed by atoms with Gasteiger partial charge < -0.3 is 10.6 Å². The average Bonchev–Trinajstić information content (AvgIpc) is 2.98. The van der Waals surface area contributed by atoms with Crippen molar-refractivity contribution in [2.75, 3.05) is 6.54 Å². The van der Waals surface area contributed by atoms with Gasteiger partial charge in [0, 0.05) is 17.6 Å². The van der Waals surface area contributed by atoms with Crippen LogP contribution in [-0.2, 0) is 13.0 Å². The summed E-state index contributed by atoms with van der Waals surface area (Å²) in [7, 11) is 0. The number of aryl methyl sites for hydroxylation is 2. The monoisotopic (exact) mass is 330 g/mol. The zero-order chi connectivity index (χ0) is 16.7. The van der Waals surface area contributed by atoms with E-state index in [2.05, 4.69) is 72.6 Å². The van der Waals surface area contributed by atoms with Gasteiger partial charge >= 0.3 is 0 Å². The van der Waals surface area contributed by atoms with Gasteiger partial charge in [-0.3, -0.25) is 0 Å². The third-order valence-electron chi connectivity index (χ3n) is 3.63. The number of guanidine groups is 1. The first kappa shape index (κ1) is 17.5. The summed E-state index contributed by atoms with van der Waals surface area (Å²) in [6, 6.07) is 8.96. The van der Waals surface area contributed by atoms with E-state index in [0.717, 1.165) is 23.9 Å². The van der Waals surface area contributed by atoms with Crippen molar-refractivity contribution in [3.05, 3.63) is 51.5 Å². The van der Waals surface area contributed by atoms with Crippen LogP contribution in [0.25, 0.3) is 0 Å². The summed E-state index contributed by atoms with van der Waals surface area (Å²) < 4.78 is 0. The minimum absolute atomic E-state index is 0.205.